The molecule has 4 rings (SSSR count). The number of fused-ring (bicyclic) bond motifs is 4. The van der Waals surface area contributed by atoms with Crippen LogP contribution in [-0.2, 0) is 9.59 Å². The molecule has 3 aromatic rings. The van der Waals surface area contributed by atoms with Crippen molar-refractivity contribution in [3.8, 4) is 0 Å². The normalized spacial score (nSPS) is 12.7. The summed E-state index contributed by atoms with van der Waals surface area (Å²) < 4.78 is 2.42. The Hall–Kier alpha value is -2.93. The number of anilines is 4. The molecule has 0 aliphatic carbocycles. The van der Waals surface area contributed by atoms with Crippen molar-refractivity contribution in [2.45, 2.75) is 47.0 Å². The fourth-order valence-corrected chi connectivity index (χ4v) is 4.50. The van der Waals surface area contributed by atoms with E-state index in [9.17, 15) is 14.4 Å². The van der Waals surface area contributed by atoms with Crippen LogP contribution in [0.25, 0.3) is 10.9 Å². The molecule has 0 unspecified atom stereocenters. The molecule has 2 amide bonds. The van der Waals surface area contributed by atoms with Crippen molar-refractivity contribution in [3.05, 3.63) is 46.4 Å². The summed E-state index contributed by atoms with van der Waals surface area (Å²) in [5.74, 6) is 0.0635. The molecule has 0 saturated heterocycles. The van der Waals surface area contributed by atoms with E-state index in [-0.39, 0.29) is 37.0 Å². The van der Waals surface area contributed by atoms with E-state index in [1.54, 1.807) is 28.2 Å². The molecule has 160 valence electrons. The summed E-state index contributed by atoms with van der Waals surface area (Å²) >= 11 is 3.52. The van der Waals surface area contributed by atoms with E-state index in [0.29, 0.717) is 28.4 Å². The van der Waals surface area contributed by atoms with E-state index in [1.807, 2.05) is 50.2 Å². The SMILES string of the molecule is CCC(=O)N1c2cc(C)ccc2N(C(=O)CC)c2c1c1cc(Br)ccc1n2C(=O)CC. The zero-order chi connectivity index (χ0) is 22.4. The lowest BCUT2D eigenvalue weighted by Crippen LogP contribution is -2.37. The molecule has 0 saturated carbocycles. The van der Waals surface area contributed by atoms with Crippen LogP contribution in [-0.4, -0.2) is 22.3 Å². The summed E-state index contributed by atoms with van der Waals surface area (Å²) in [5, 5.41) is 0.744. The van der Waals surface area contributed by atoms with Crippen molar-refractivity contribution in [3.63, 3.8) is 0 Å². The molecule has 0 bridgehead atoms. The second-order valence-electron chi connectivity index (χ2n) is 7.57. The Morgan fingerprint density at radius 3 is 2.10 bits per heavy atom. The molecular formula is C24H24BrN3O3. The summed E-state index contributed by atoms with van der Waals surface area (Å²) in [7, 11) is 0. The quantitative estimate of drug-likeness (QED) is 0.445. The lowest BCUT2D eigenvalue weighted by molar-refractivity contribution is -0.118. The van der Waals surface area contributed by atoms with E-state index < -0.39 is 0 Å². The number of carbonyl (C=O) groups excluding carboxylic acids is 3. The Balaban J connectivity index is 2.22. The van der Waals surface area contributed by atoms with E-state index in [2.05, 4.69) is 15.9 Å². The number of aromatic nitrogens is 1. The van der Waals surface area contributed by atoms with Gasteiger partial charge in [0, 0.05) is 29.1 Å². The van der Waals surface area contributed by atoms with Crippen LogP contribution in [0.3, 0.4) is 0 Å². The molecule has 7 heteroatoms. The average Bonchev–Trinajstić information content (AvgIpc) is 3.09. The van der Waals surface area contributed by atoms with E-state index in [0.717, 1.165) is 15.4 Å². The van der Waals surface area contributed by atoms with Crippen LogP contribution in [0.2, 0.25) is 0 Å². The molecule has 2 aromatic carbocycles. The van der Waals surface area contributed by atoms with Gasteiger partial charge in [-0.3, -0.25) is 28.8 Å². The largest absolute Gasteiger partial charge is 0.275 e. The summed E-state index contributed by atoms with van der Waals surface area (Å²) in [6, 6.07) is 11.3. The Kier molecular flexibility index (Phi) is 5.47. The van der Waals surface area contributed by atoms with Crippen LogP contribution < -0.4 is 9.80 Å². The molecule has 0 fully saturated rings. The number of nitrogens with zero attached hydrogens (tertiary/aromatic N) is 3. The first-order chi connectivity index (χ1) is 14.8. The lowest BCUT2D eigenvalue weighted by atomic mass is 10.1. The van der Waals surface area contributed by atoms with Gasteiger partial charge in [0.15, 0.2) is 5.82 Å². The van der Waals surface area contributed by atoms with Gasteiger partial charge in [0.1, 0.15) is 5.69 Å². The van der Waals surface area contributed by atoms with Crippen LogP contribution in [0.15, 0.2) is 40.9 Å². The van der Waals surface area contributed by atoms with Crippen molar-refractivity contribution in [2.75, 3.05) is 9.80 Å². The van der Waals surface area contributed by atoms with Crippen molar-refractivity contribution >= 4 is 67.4 Å². The zero-order valence-corrected chi connectivity index (χ0v) is 19.6. The molecule has 1 aliphatic rings. The minimum Gasteiger partial charge on any atom is -0.275 e. The number of hydrogen-bond acceptors (Lipinski definition) is 3. The second kappa shape index (κ2) is 7.96. The molecule has 0 spiro atoms. The monoisotopic (exact) mass is 481 g/mol. The standard InChI is InChI=1S/C24H24BrN3O3/c1-5-20(29)26-19-12-14(4)8-10-18(19)28(22(31)7-3)24-23(26)16-13-15(25)9-11-17(16)27(24)21(30)6-2/h8-13H,5-7H2,1-4H3. The predicted octanol–water partition coefficient (Wildman–Crippen LogP) is 6.23. The first kappa shape index (κ1) is 21.3. The maximum atomic E-state index is 13.2. The Morgan fingerprint density at radius 1 is 0.806 bits per heavy atom. The predicted molar refractivity (Wildman–Crippen MR) is 127 cm³/mol. The van der Waals surface area contributed by atoms with Gasteiger partial charge >= 0.3 is 0 Å². The number of hydrogen-bond donors (Lipinski definition) is 0. The van der Waals surface area contributed by atoms with E-state index >= 15 is 0 Å². The third-order valence-corrected chi connectivity index (χ3v) is 6.08. The van der Waals surface area contributed by atoms with Gasteiger partial charge in [0.2, 0.25) is 17.7 Å². The van der Waals surface area contributed by atoms with E-state index in [1.165, 1.54) is 0 Å². The molecule has 2 heterocycles. The fourth-order valence-electron chi connectivity index (χ4n) is 4.13. The number of amides is 2. The van der Waals surface area contributed by atoms with Gasteiger partial charge in [-0.25, -0.2) is 0 Å². The molecular weight excluding hydrogens is 458 g/mol. The maximum absolute atomic E-state index is 13.2. The van der Waals surface area contributed by atoms with Crippen LogP contribution in [0.5, 0.6) is 0 Å². The second-order valence-corrected chi connectivity index (χ2v) is 8.49. The smallest absolute Gasteiger partial charge is 0.232 e. The van der Waals surface area contributed by atoms with Crippen molar-refractivity contribution in [1.29, 1.82) is 0 Å². The highest BCUT2D eigenvalue weighted by atomic mass is 79.9. The zero-order valence-electron chi connectivity index (χ0n) is 18.0. The van der Waals surface area contributed by atoms with Gasteiger partial charge in [-0.2, -0.15) is 0 Å². The van der Waals surface area contributed by atoms with Gasteiger partial charge in [-0.05, 0) is 42.8 Å². The van der Waals surface area contributed by atoms with Crippen molar-refractivity contribution in [2.24, 2.45) is 0 Å². The number of rotatable bonds is 3. The minimum atomic E-state index is -0.137. The summed E-state index contributed by atoms with van der Waals surface area (Å²) in [5.41, 5.74) is 3.50. The highest BCUT2D eigenvalue weighted by Crippen LogP contribution is 2.53. The molecule has 1 aliphatic heterocycles. The minimum absolute atomic E-state index is 0.0975. The fraction of sp³-hybridized carbons (Fsp3) is 0.292. The van der Waals surface area contributed by atoms with Gasteiger partial charge in [0.25, 0.3) is 0 Å². The third kappa shape index (κ3) is 3.19. The highest BCUT2D eigenvalue weighted by Gasteiger charge is 2.40. The van der Waals surface area contributed by atoms with Crippen LogP contribution in [0.4, 0.5) is 22.9 Å². The Bertz CT molecular complexity index is 1240. The molecule has 31 heavy (non-hydrogen) atoms. The Morgan fingerprint density at radius 2 is 1.45 bits per heavy atom. The Labute approximate surface area is 189 Å². The molecule has 0 N–H and O–H groups in total. The van der Waals surface area contributed by atoms with E-state index in [4.69, 9.17) is 0 Å². The van der Waals surface area contributed by atoms with Crippen molar-refractivity contribution < 1.29 is 14.4 Å². The van der Waals surface area contributed by atoms with Crippen LogP contribution >= 0.6 is 15.9 Å². The summed E-state index contributed by atoms with van der Waals surface area (Å²) in [6.45, 7) is 7.36. The highest BCUT2D eigenvalue weighted by molar-refractivity contribution is 9.10. The topological polar surface area (TPSA) is 62.6 Å². The lowest BCUT2D eigenvalue weighted by Gasteiger charge is -2.37. The number of benzene rings is 2. The first-order valence-corrected chi connectivity index (χ1v) is 11.3. The summed E-state index contributed by atoms with van der Waals surface area (Å²) in [4.78, 5) is 42.9. The number of carbonyl (C=O) groups is 3. The van der Waals surface area contributed by atoms with Gasteiger partial charge in [-0.15, -0.1) is 0 Å². The number of aryl methyl sites for hydroxylation is 1. The van der Waals surface area contributed by atoms with Gasteiger partial charge in [0.05, 0.1) is 16.9 Å². The average molecular weight is 482 g/mol. The first-order valence-electron chi connectivity index (χ1n) is 10.5. The third-order valence-electron chi connectivity index (χ3n) is 5.58. The molecule has 6 nitrogen and oxygen atoms in total. The van der Waals surface area contributed by atoms with Gasteiger partial charge in [-0.1, -0.05) is 42.8 Å². The van der Waals surface area contributed by atoms with Gasteiger partial charge < -0.3 is 0 Å². The molecule has 0 radical (unpaired) electrons. The number of halogens is 1. The van der Waals surface area contributed by atoms with Crippen LogP contribution in [0, 0.1) is 6.92 Å². The van der Waals surface area contributed by atoms with Crippen LogP contribution in [0.1, 0.15) is 50.4 Å². The maximum Gasteiger partial charge on any atom is 0.232 e. The van der Waals surface area contributed by atoms with Crippen molar-refractivity contribution in [1.82, 2.24) is 4.57 Å². The summed E-state index contributed by atoms with van der Waals surface area (Å²) in [6.07, 6.45) is 0.819. The molecule has 1 aromatic heterocycles. The molecule has 0 atom stereocenters.